The van der Waals surface area contributed by atoms with E-state index in [0.717, 1.165) is 5.56 Å². The molecular weight excluding hydrogens is 352 g/mol. The summed E-state index contributed by atoms with van der Waals surface area (Å²) in [6.45, 7) is 3.44. The van der Waals surface area contributed by atoms with Gasteiger partial charge < -0.3 is 18.9 Å². The van der Waals surface area contributed by atoms with Crippen LogP contribution in [-0.4, -0.2) is 45.0 Å². The van der Waals surface area contributed by atoms with Gasteiger partial charge in [-0.05, 0) is 31.5 Å². The van der Waals surface area contributed by atoms with Crippen molar-refractivity contribution in [2.45, 2.75) is 20.3 Å². The predicted molar refractivity (Wildman–Crippen MR) is 96.0 cm³/mol. The molecule has 0 N–H and O–H groups in total. The maximum atomic E-state index is 12.6. The first-order chi connectivity index (χ1) is 12.9. The maximum Gasteiger partial charge on any atom is 0.344 e. The fourth-order valence-corrected chi connectivity index (χ4v) is 2.66. The van der Waals surface area contributed by atoms with Crippen LogP contribution in [0.3, 0.4) is 0 Å². The first-order valence-corrected chi connectivity index (χ1v) is 8.41. The summed E-state index contributed by atoms with van der Waals surface area (Å²) >= 11 is 0. The number of Topliss-reactive ketones (excluding diaryl/α,β-unsaturated/α-hetero) is 2. The van der Waals surface area contributed by atoms with Gasteiger partial charge in [0, 0.05) is 17.6 Å². The largest absolute Gasteiger partial charge is 0.489 e. The highest BCUT2D eigenvalue weighted by Gasteiger charge is 2.34. The average Bonchev–Trinajstić information content (AvgIpc) is 2.67. The summed E-state index contributed by atoms with van der Waals surface area (Å²) in [4.78, 5) is 36.3. The van der Waals surface area contributed by atoms with Gasteiger partial charge in [-0.3, -0.25) is 9.59 Å². The van der Waals surface area contributed by atoms with E-state index in [9.17, 15) is 14.4 Å². The Morgan fingerprint density at radius 2 is 1.56 bits per heavy atom. The lowest BCUT2D eigenvalue weighted by Gasteiger charge is -2.20. The van der Waals surface area contributed by atoms with Crippen LogP contribution < -0.4 is 4.74 Å². The third-order valence-corrected chi connectivity index (χ3v) is 4.06. The van der Waals surface area contributed by atoms with E-state index in [1.165, 1.54) is 14.2 Å². The number of esters is 1. The van der Waals surface area contributed by atoms with Crippen molar-refractivity contribution in [1.82, 2.24) is 0 Å². The normalized spacial score (nSPS) is 14.4. The second kappa shape index (κ2) is 9.02. The molecule has 0 unspecified atom stereocenters. The van der Waals surface area contributed by atoms with Gasteiger partial charge >= 0.3 is 5.97 Å². The quantitative estimate of drug-likeness (QED) is 0.509. The monoisotopic (exact) mass is 374 g/mol. The van der Waals surface area contributed by atoms with Gasteiger partial charge in [-0.2, -0.15) is 0 Å². The highest BCUT2D eigenvalue weighted by atomic mass is 16.6. The summed E-state index contributed by atoms with van der Waals surface area (Å²) in [7, 11) is 2.65. The Morgan fingerprint density at radius 1 is 0.963 bits per heavy atom. The highest BCUT2D eigenvalue weighted by molar-refractivity contribution is 6.23. The van der Waals surface area contributed by atoms with E-state index in [1.54, 1.807) is 38.1 Å². The first-order valence-electron chi connectivity index (χ1n) is 8.41. The smallest absolute Gasteiger partial charge is 0.344 e. The van der Waals surface area contributed by atoms with Gasteiger partial charge in [0.1, 0.15) is 5.75 Å². The van der Waals surface area contributed by atoms with Gasteiger partial charge in [0.2, 0.25) is 23.1 Å². The van der Waals surface area contributed by atoms with Crippen molar-refractivity contribution in [3.63, 3.8) is 0 Å². The van der Waals surface area contributed by atoms with Gasteiger partial charge in [0.05, 0.1) is 20.8 Å². The molecule has 7 nitrogen and oxygen atoms in total. The maximum absolute atomic E-state index is 12.6. The van der Waals surface area contributed by atoms with Crippen LogP contribution in [0.1, 0.15) is 19.4 Å². The Bertz CT molecular complexity index is 800. The van der Waals surface area contributed by atoms with Crippen molar-refractivity contribution in [2.75, 3.05) is 27.4 Å². The average molecular weight is 374 g/mol. The molecule has 0 heterocycles. The third-order valence-electron chi connectivity index (χ3n) is 4.06. The zero-order valence-corrected chi connectivity index (χ0v) is 15.8. The second-order valence-electron chi connectivity index (χ2n) is 5.74. The van der Waals surface area contributed by atoms with E-state index in [1.807, 2.05) is 0 Å². The molecule has 0 radical (unpaired) electrons. The highest BCUT2D eigenvalue weighted by Crippen LogP contribution is 2.28. The zero-order valence-electron chi connectivity index (χ0n) is 15.8. The lowest BCUT2D eigenvalue weighted by atomic mass is 9.89. The molecular formula is C20H22O7. The van der Waals surface area contributed by atoms with Crippen molar-refractivity contribution >= 4 is 17.5 Å². The van der Waals surface area contributed by atoms with Crippen LogP contribution in [-0.2, 0) is 35.0 Å². The predicted octanol–water partition coefficient (Wildman–Crippen LogP) is 2.14. The van der Waals surface area contributed by atoms with Crippen molar-refractivity contribution in [1.29, 1.82) is 0 Å². The molecule has 0 aromatic heterocycles. The number of carbonyl (C=O) groups excluding carboxylic acids is 3. The van der Waals surface area contributed by atoms with Crippen molar-refractivity contribution in [3.8, 4) is 5.75 Å². The van der Waals surface area contributed by atoms with Crippen LogP contribution in [0.4, 0.5) is 0 Å². The molecule has 0 aliphatic heterocycles. The van der Waals surface area contributed by atoms with Crippen LogP contribution in [0.2, 0.25) is 0 Å². The fraction of sp³-hybridized carbons (Fsp3) is 0.350. The van der Waals surface area contributed by atoms with Gasteiger partial charge in [-0.25, -0.2) is 4.79 Å². The number of methoxy groups -OCH3 is 2. The van der Waals surface area contributed by atoms with Crippen molar-refractivity contribution in [3.05, 3.63) is 52.5 Å². The minimum Gasteiger partial charge on any atom is -0.489 e. The lowest BCUT2D eigenvalue weighted by molar-refractivity contribution is -0.145. The van der Waals surface area contributed by atoms with E-state index in [-0.39, 0.29) is 36.1 Å². The van der Waals surface area contributed by atoms with Crippen LogP contribution in [0.5, 0.6) is 5.75 Å². The van der Waals surface area contributed by atoms with Crippen molar-refractivity contribution in [2.24, 2.45) is 0 Å². The number of hydrogen-bond donors (Lipinski definition) is 0. The molecule has 1 aliphatic rings. The lowest BCUT2D eigenvalue weighted by Crippen LogP contribution is -2.26. The van der Waals surface area contributed by atoms with E-state index >= 15 is 0 Å². The number of hydrogen-bond acceptors (Lipinski definition) is 7. The first kappa shape index (κ1) is 20.2. The summed E-state index contributed by atoms with van der Waals surface area (Å²) in [6.07, 6.45) is 0.262. The molecule has 1 aromatic carbocycles. The molecule has 0 saturated heterocycles. The Kier molecular flexibility index (Phi) is 6.76. The Morgan fingerprint density at radius 3 is 2.11 bits per heavy atom. The molecule has 0 bridgehead atoms. The minimum absolute atomic E-state index is 0.0773. The number of carbonyl (C=O) groups is 3. The number of rotatable bonds is 8. The molecule has 0 spiro atoms. The SMILES string of the molecule is CCOC(=O)COc1ccc(CC2=C(C)C(=O)C(OC)=C(OC)C2=O)cc1. The molecule has 0 saturated carbocycles. The number of allylic oxidation sites excluding steroid dienone is 2. The van der Waals surface area contributed by atoms with Crippen LogP contribution in [0, 0.1) is 0 Å². The van der Waals surface area contributed by atoms with Gasteiger partial charge in [0.15, 0.2) is 6.61 Å². The van der Waals surface area contributed by atoms with Crippen LogP contribution >= 0.6 is 0 Å². The van der Waals surface area contributed by atoms with E-state index in [4.69, 9.17) is 18.9 Å². The summed E-state index contributed by atoms with van der Waals surface area (Å²) in [5, 5.41) is 0. The molecule has 1 aromatic rings. The topological polar surface area (TPSA) is 88.1 Å². The van der Waals surface area contributed by atoms with Gasteiger partial charge in [-0.1, -0.05) is 12.1 Å². The Balaban J connectivity index is 2.12. The summed E-state index contributed by atoms with van der Waals surface area (Å²) in [5.41, 5.74) is 1.50. The summed E-state index contributed by atoms with van der Waals surface area (Å²) in [6, 6.07) is 6.90. The Labute approximate surface area is 157 Å². The molecule has 7 heteroatoms. The summed E-state index contributed by atoms with van der Waals surface area (Å²) < 4.78 is 20.2. The Hall–Kier alpha value is -3.09. The molecule has 0 amide bonds. The van der Waals surface area contributed by atoms with Gasteiger partial charge in [-0.15, -0.1) is 0 Å². The minimum atomic E-state index is -0.443. The van der Waals surface area contributed by atoms with E-state index in [0.29, 0.717) is 23.5 Å². The number of benzene rings is 1. The second-order valence-corrected chi connectivity index (χ2v) is 5.74. The summed E-state index contributed by atoms with van der Waals surface area (Å²) in [5.74, 6) is -0.833. The third kappa shape index (κ3) is 4.55. The van der Waals surface area contributed by atoms with Crippen LogP contribution in [0.25, 0.3) is 0 Å². The van der Waals surface area contributed by atoms with E-state index < -0.39 is 5.97 Å². The molecule has 144 valence electrons. The van der Waals surface area contributed by atoms with E-state index in [2.05, 4.69) is 0 Å². The molecule has 1 aliphatic carbocycles. The van der Waals surface area contributed by atoms with Crippen LogP contribution in [0.15, 0.2) is 46.9 Å². The van der Waals surface area contributed by atoms with Crippen molar-refractivity contribution < 1.29 is 33.3 Å². The zero-order chi connectivity index (χ0) is 20.0. The number of ketones is 2. The standard InChI is InChI=1S/C20H22O7/c1-5-26-16(21)11-27-14-8-6-13(7-9-14)10-15-12(2)17(22)19(24-3)20(25-4)18(15)23/h6-9H,5,10-11H2,1-4H3. The molecule has 2 rings (SSSR count). The molecule has 0 atom stereocenters. The molecule has 27 heavy (non-hydrogen) atoms. The fourth-order valence-electron chi connectivity index (χ4n) is 2.66. The number of ether oxygens (including phenoxy) is 4. The molecule has 0 fully saturated rings. The van der Waals surface area contributed by atoms with Gasteiger partial charge in [0.25, 0.3) is 0 Å².